The van der Waals surface area contributed by atoms with Gasteiger partial charge in [0.05, 0.1) is 18.1 Å². The Labute approximate surface area is 279 Å². The van der Waals surface area contributed by atoms with E-state index in [4.69, 9.17) is 26.3 Å². The van der Waals surface area contributed by atoms with Crippen molar-refractivity contribution < 1.29 is 19.1 Å². The molecule has 13 heteroatoms. The van der Waals surface area contributed by atoms with Gasteiger partial charge in [-0.05, 0) is 92.9 Å². The lowest BCUT2D eigenvalue weighted by molar-refractivity contribution is 0.00190. The second kappa shape index (κ2) is 14.2. The van der Waals surface area contributed by atoms with Gasteiger partial charge in [-0.3, -0.25) is 0 Å². The summed E-state index contributed by atoms with van der Waals surface area (Å²) in [6.07, 6.45) is 9.83. The number of halogens is 1. The summed E-state index contributed by atoms with van der Waals surface area (Å²) < 4.78 is 11.6. The number of rotatable bonds is 1. The van der Waals surface area contributed by atoms with Crippen LogP contribution in [0.15, 0.2) is 23.2 Å². The number of fused-ring (bicyclic) bond motifs is 4. The number of hydrogen-bond donors (Lipinski definition) is 0. The number of nitrogens with zero attached hydrogens (tertiary/aromatic N) is 6. The van der Waals surface area contributed by atoms with Crippen LogP contribution < -0.4 is 0 Å². The summed E-state index contributed by atoms with van der Waals surface area (Å²) in [5.74, 6) is 0.117. The van der Waals surface area contributed by atoms with Gasteiger partial charge in [-0.1, -0.05) is 11.6 Å². The zero-order valence-electron chi connectivity index (χ0n) is 26.9. The molecule has 4 atom stereocenters. The lowest BCUT2D eigenvalue weighted by Crippen LogP contribution is -2.52. The van der Waals surface area contributed by atoms with Crippen LogP contribution >= 0.6 is 34.3 Å². The van der Waals surface area contributed by atoms with Crippen molar-refractivity contribution >= 4 is 46.5 Å². The van der Waals surface area contributed by atoms with Crippen molar-refractivity contribution in [2.45, 2.75) is 134 Å². The Hall–Kier alpha value is -2.93. The van der Waals surface area contributed by atoms with Crippen molar-refractivity contribution in [1.29, 1.82) is 10.5 Å². The van der Waals surface area contributed by atoms with Gasteiger partial charge in [0.25, 0.3) is 0 Å². The molecule has 4 saturated heterocycles. The molecule has 4 aliphatic heterocycles. The first-order chi connectivity index (χ1) is 21.1. The van der Waals surface area contributed by atoms with Crippen molar-refractivity contribution in [3.63, 3.8) is 0 Å². The molecule has 6 rings (SSSR count). The second-order valence-electron chi connectivity index (χ2n) is 14.1. The van der Waals surface area contributed by atoms with Gasteiger partial charge in [-0.2, -0.15) is 10.5 Å². The maximum absolute atomic E-state index is 12.5. The van der Waals surface area contributed by atoms with E-state index >= 15 is 0 Å². The molecule has 4 bridgehead atoms. The van der Waals surface area contributed by atoms with E-state index in [1.807, 2.05) is 62.1 Å². The van der Waals surface area contributed by atoms with Gasteiger partial charge in [0.1, 0.15) is 21.6 Å². The van der Waals surface area contributed by atoms with Crippen LogP contribution in [0.3, 0.4) is 0 Å². The quantitative estimate of drug-likeness (QED) is 0.298. The van der Waals surface area contributed by atoms with Crippen molar-refractivity contribution in [2.75, 3.05) is 0 Å². The van der Waals surface area contributed by atoms with E-state index in [9.17, 15) is 14.9 Å². The first-order valence-electron chi connectivity index (χ1n) is 15.4. The molecule has 0 N–H and O–H groups in total. The number of aromatic nitrogens is 2. The molecule has 4 fully saturated rings. The summed E-state index contributed by atoms with van der Waals surface area (Å²) >= 11 is 8.33. The molecule has 6 heterocycles. The molecule has 0 radical (unpaired) electrons. The van der Waals surface area contributed by atoms with Gasteiger partial charge in [0.2, 0.25) is 0 Å². The predicted molar refractivity (Wildman–Crippen MR) is 174 cm³/mol. The Morgan fingerprint density at radius 1 is 0.844 bits per heavy atom. The molecule has 4 unspecified atom stereocenters. The molecule has 4 aliphatic rings. The average molecular weight is 675 g/mol. The first kappa shape index (κ1) is 34.9. The molecular formula is C32H43ClN6O4S2. The van der Waals surface area contributed by atoms with Gasteiger partial charge in [0, 0.05) is 47.3 Å². The summed E-state index contributed by atoms with van der Waals surface area (Å²) in [6.45, 7) is 11.3. The number of piperidine rings is 2. The average Bonchev–Trinajstić information content (AvgIpc) is 3.75. The lowest BCUT2D eigenvalue weighted by atomic mass is 9.76. The van der Waals surface area contributed by atoms with Crippen LogP contribution in [0.2, 0.25) is 4.47 Å². The third-order valence-corrected chi connectivity index (χ3v) is 10.3. The largest absolute Gasteiger partial charge is 0.444 e. The summed E-state index contributed by atoms with van der Waals surface area (Å²) in [5, 5.41) is 23.4. The molecule has 2 aromatic heterocycles. The van der Waals surface area contributed by atoms with E-state index in [0.29, 0.717) is 17.3 Å². The zero-order valence-corrected chi connectivity index (χ0v) is 29.3. The standard InChI is InChI=1S/C16H21N3O2S.C13H20N2O2.C3H2ClNS/c1-15(2,3)21-14(20)19-11-4-5-12(19)9-16(8-11,10-17)13-18-6-7-22-13;1-13(2,3)17-12(16)15-10-4-5-11(15)7-9(6-10)8-14;4-3-5-1-2-6-3/h6-7,11-12H,4-5,8-9H2,1-3H3;9-11H,4-7H2,1-3H3;1-2H. The number of carbonyl (C=O) groups excluding carboxylic acids is 2. The highest BCUT2D eigenvalue weighted by Crippen LogP contribution is 2.48. The number of thiazole rings is 2. The molecule has 244 valence electrons. The fraction of sp³-hybridized carbons (Fsp3) is 0.688. The van der Waals surface area contributed by atoms with E-state index in [1.165, 1.54) is 22.7 Å². The van der Waals surface area contributed by atoms with E-state index in [-0.39, 0.29) is 42.3 Å². The third-order valence-electron chi connectivity index (χ3n) is 8.37. The van der Waals surface area contributed by atoms with E-state index in [0.717, 1.165) is 43.5 Å². The highest BCUT2D eigenvalue weighted by atomic mass is 35.5. The van der Waals surface area contributed by atoms with Gasteiger partial charge < -0.3 is 19.3 Å². The Balaban J connectivity index is 0.000000177. The zero-order chi connectivity index (χ0) is 33.0. The van der Waals surface area contributed by atoms with Crippen molar-refractivity contribution in [2.24, 2.45) is 5.92 Å². The fourth-order valence-electron chi connectivity index (χ4n) is 6.74. The maximum Gasteiger partial charge on any atom is 0.410 e. The van der Waals surface area contributed by atoms with Gasteiger partial charge in [0.15, 0.2) is 4.47 Å². The number of amides is 2. The Bertz CT molecular complexity index is 1350. The maximum atomic E-state index is 12.5. The minimum absolute atomic E-state index is 0.0807. The molecule has 0 saturated carbocycles. The topological polar surface area (TPSA) is 132 Å². The number of nitriles is 2. The molecule has 2 aromatic rings. The van der Waals surface area contributed by atoms with Crippen LogP contribution in [0.25, 0.3) is 0 Å². The first-order valence-corrected chi connectivity index (χ1v) is 17.6. The monoisotopic (exact) mass is 674 g/mol. The molecule has 10 nitrogen and oxygen atoms in total. The molecule has 45 heavy (non-hydrogen) atoms. The smallest absolute Gasteiger partial charge is 0.410 e. The van der Waals surface area contributed by atoms with E-state index in [2.05, 4.69) is 22.1 Å². The fourth-order valence-corrected chi connectivity index (χ4v) is 8.11. The highest BCUT2D eigenvalue weighted by Gasteiger charge is 2.53. The van der Waals surface area contributed by atoms with Crippen LogP contribution in [0, 0.1) is 28.6 Å². The van der Waals surface area contributed by atoms with Crippen molar-refractivity contribution in [1.82, 2.24) is 19.8 Å². The van der Waals surface area contributed by atoms with Crippen molar-refractivity contribution in [3.8, 4) is 12.1 Å². The number of carbonyl (C=O) groups is 2. The Kier molecular flexibility index (Phi) is 11.0. The van der Waals surface area contributed by atoms with E-state index < -0.39 is 16.6 Å². The van der Waals surface area contributed by atoms with Crippen LogP contribution in [-0.2, 0) is 14.9 Å². The third kappa shape index (κ3) is 8.87. The second-order valence-corrected chi connectivity index (χ2v) is 16.4. The van der Waals surface area contributed by atoms with Crippen LogP contribution in [0.4, 0.5) is 9.59 Å². The van der Waals surface area contributed by atoms with Gasteiger partial charge >= 0.3 is 12.2 Å². The molecule has 0 aliphatic carbocycles. The molecule has 0 spiro atoms. The van der Waals surface area contributed by atoms with E-state index in [1.54, 1.807) is 12.4 Å². The van der Waals surface area contributed by atoms with Crippen LogP contribution in [-0.4, -0.2) is 67.3 Å². The lowest BCUT2D eigenvalue weighted by Gasteiger charge is -2.42. The van der Waals surface area contributed by atoms with Crippen molar-refractivity contribution in [3.05, 3.63) is 32.6 Å². The minimum atomic E-state index is -0.543. The Morgan fingerprint density at radius 3 is 1.67 bits per heavy atom. The summed E-state index contributed by atoms with van der Waals surface area (Å²) in [6, 6.07) is 5.42. The summed E-state index contributed by atoms with van der Waals surface area (Å²) in [4.78, 5) is 36.4. The summed E-state index contributed by atoms with van der Waals surface area (Å²) in [5.41, 5.74) is -1.48. The molecule has 0 aromatic carbocycles. The SMILES string of the molecule is CC(C)(C)OC(=O)N1C2CCC1CC(C#N)(c1nccs1)C2.CC(C)(C)OC(=O)N1C2CCC1CC(C#N)C2.Clc1nccs1. The normalized spacial score (nSPS) is 28.4. The molecular weight excluding hydrogens is 632 g/mol. The number of hydrogen-bond acceptors (Lipinski definition) is 10. The number of ether oxygens (including phenoxy) is 2. The van der Waals surface area contributed by atoms with Crippen LogP contribution in [0.5, 0.6) is 0 Å². The Morgan fingerprint density at radius 2 is 1.31 bits per heavy atom. The molecule has 2 amide bonds. The van der Waals surface area contributed by atoms with Gasteiger partial charge in [-0.25, -0.2) is 19.6 Å². The predicted octanol–water partition coefficient (Wildman–Crippen LogP) is 7.95. The minimum Gasteiger partial charge on any atom is -0.444 e. The highest BCUT2D eigenvalue weighted by molar-refractivity contribution is 7.13. The summed E-state index contributed by atoms with van der Waals surface area (Å²) in [7, 11) is 0. The van der Waals surface area contributed by atoms with Gasteiger partial charge in [-0.15, -0.1) is 22.7 Å². The van der Waals surface area contributed by atoms with Crippen LogP contribution in [0.1, 0.15) is 97.9 Å².